The molecule has 0 aliphatic rings. The molecule has 7 aromatic carbocycles. The van der Waals surface area contributed by atoms with E-state index in [0.29, 0.717) is 11.5 Å². The molecule has 11 aromatic rings. The molecule has 0 spiro atoms. The molecule has 0 bridgehead atoms. The number of nitrogens with one attached hydrogen (secondary N) is 1. The molecular formula is C50H38N6. The maximum Gasteiger partial charge on any atom is 0.117 e. The Morgan fingerprint density at radius 3 is 1.64 bits per heavy atom. The van der Waals surface area contributed by atoms with Crippen molar-refractivity contribution in [1.29, 1.82) is 5.41 Å². The number of fused-ring (bicyclic) bond motifs is 8. The van der Waals surface area contributed by atoms with E-state index >= 15 is 0 Å². The lowest BCUT2D eigenvalue weighted by molar-refractivity contribution is 1.02. The SMILES string of the molecule is Cn1c2ccccc2c2ccc3c(ccn3-c3ccccc3)c21.N=C(c1ccn(-c2ccccc2)c1N)c1cccc2c3ccccc3n(-c3ccccc3)c12. The van der Waals surface area contributed by atoms with Crippen molar-refractivity contribution >= 4 is 66.0 Å². The standard InChI is InChI=1S/C29H22N4.C21H16N2/c30-27(25-18-19-32(29(25)31)20-10-3-1-4-11-20)24-16-9-15-23-22-14-7-8-17-26(22)33(28(23)24)21-12-5-2-6-13-21;1-22-19-10-6-5-9-16(19)17-11-12-20-18(21(17)22)13-14-23(20)15-7-3-2-4-8-15/h1-19,30H,31H2;2-14H,1H3. The molecule has 0 saturated heterocycles. The zero-order chi connectivity index (χ0) is 37.8. The first-order valence-electron chi connectivity index (χ1n) is 18.8. The van der Waals surface area contributed by atoms with Gasteiger partial charge >= 0.3 is 0 Å². The lowest BCUT2D eigenvalue weighted by Crippen LogP contribution is -2.08. The van der Waals surface area contributed by atoms with Crippen LogP contribution in [0.3, 0.4) is 0 Å². The number of nitrogens with zero attached hydrogens (tertiary/aromatic N) is 4. The summed E-state index contributed by atoms with van der Waals surface area (Å²) < 4.78 is 8.74. The number of hydrogen-bond donors (Lipinski definition) is 2. The maximum absolute atomic E-state index is 9.20. The van der Waals surface area contributed by atoms with Gasteiger partial charge in [-0.1, -0.05) is 115 Å². The fraction of sp³-hybridized carbons (Fsp3) is 0.0200. The number of aromatic nitrogens is 4. The summed E-state index contributed by atoms with van der Waals surface area (Å²) in [7, 11) is 2.16. The van der Waals surface area contributed by atoms with E-state index in [4.69, 9.17) is 5.73 Å². The van der Waals surface area contributed by atoms with E-state index in [9.17, 15) is 5.41 Å². The van der Waals surface area contributed by atoms with Gasteiger partial charge in [0.2, 0.25) is 0 Å². The van der Waals surface area contributed by atoms with Gasteiger partial charge < -0.3 is 24.0 Å². The number of aryl methyl sites for hydroxylation is 1. The second-order valence-electron chi connectivity index (χ2n) is 14.1. The van der Waals surface area contributed by atoms with Crippen molar-refractivity contribution < 1.29 is 0 Å². The molecule has 0 saturated carbocycles. The van der Waals surface area contributed by atoms with Crippen molar-refractivity contribution in [2.75, 3.05) is 5.73 Å². The van der Waals surface area contributed by atoms with E-state index in [1.165, 1.54) is 43.8 Å². The van der Waals surface area contributed by atoms with Gasteiger partial charge in [0.05, 0.1) is 27.8 Å². The normalized spacial score (nSPS) is 11.4. The van der Waals surface area contributed by atoms with Crippen LogP contribution in [0.1, 0.15) is 11.1 Å². The van der Waals surface area contributed by atoms with Gasteiger partial charge in [0.1, 0.15) is 5.82 Å². The van der Waals surface area contributed by atoms with E-state index in [1.807, 2.05) is 77.5 Å². The molecule has 11 rings (SSSR count). The molecule has 0 amide bonds. The summed E-state index contributed by atoms with van der Waals surface area (Å²) in [5, 5.41) is 15.4. The van der Waals surface area contributed by atoms with Crippen molar-refractivity contribution in [3.8, 4) is 17.1 Å². The molecule has 0 aliphatic heterocycles. The lowest BCUT2D eigenvalue weighted by atomic mass is 10.0. The summed E-state index contributed by atoms with van der Waals surface area (Å²) in [4.78, 5) is 0. The summed E-state index contributed by atoms with van der Waals surface area (Å²) >= 11 is 0. The molecule has 6 nitrogen and oxygen atoms in total. The van der Waals surface area contributed by atoms with Crippen LogP contribution in [0.25, 0.3) is 71.6 Å². The maximum atomic E-state index is 9.20. The Kier molecular flexibility index (Phi) is 7.89. The highest BCUT2D eigenvalue weighted by atomic mass is 15.0. The highest BCUT2D eigenvalue weighted by molar-refractivity contribution is 6.23. The molecular weight excluding hydrogens is 685 g/mol. The van der Waals surface area contributed by atoms with E-state index < -0.39 is 0 Å². The van der Waals surface area contributed by atoms with Gasteiger partial charge in [0.15, 0.2) is 0 Å². The summed E-state index contributed by atoms with van der Waals surface area (Å²) in [6.07, 6.45) is 4.10. The summed E-state index contributed by atoms with van der Waals surface area (Å²) in [6, 6.07) is 62.6. The van der Waals surface area contributed by atoms with Crippen molar-refractivity contribution in [2.45, 2.75) is 0 Å². The number of para-hydroxylation sites is 6. The van der Waals surface area contributed by atoms with Crippen LogP contribution in [0.2, 0.25) is 0 Å². The number of nitrogens with two attached hydrogens (primary N) is 1. The van der Waals surface area contributed by atoms with Gasteiger partial charge in [-0.25, -0.2) is 0 Å². The molecule has 56 heavy (non-hydrogen) atoms. The van der Waals surface area contributed by atoms with Crippen LogP contribution in [0.4, 0.5) is 5.82 Å². The third-order valence-corrected chi connectivity index (χ3v) is 11.0. The zero-order valence-corrected chi connectivity index (χ0v) is 30.8. The molecule has 6 heteroatoms. The highest BCUT2D eigenvalue weighted by Crippen LogP contribution is 2.37. The average Bonchev–Trinajstić information content (AvgIpc) is 4.03. The van der Waals surface area contributed by atoms with Gasteiger partial charge in [0.25, 0.3) is 0 Å². The fourth-order valence-corrected chi connectivity index (χ4v) is 8.39. The van der Waals surface area contributed by atoms with E-state index in [2.05, 4.69) is 142 Å². The van der Waals surface area contributed by atoms with Gasteiger partial charge in [-0.15, -0.1) is 0 Å². The summed E-state index contributed by atoms with van der Waals surface area (Å²) in [5.41, 5.74) is 17.7. The first-order chi connectivity index (χ1) is 27.6. The predicted octanol–water partition coefficient (Wildman–Crippen LogP) is 11.8. The molecule has 0 unspecified atom stereocenters. The number of anilines is 1. The smallest absolute Gasteiger partial charge is 0.117 e. The molecule has 3 N–H and O–H groups in total. The van der Waals surface area contributed by atoms with Crippen molar-refractivity contribution in [2.24, 2.45) is 7.05 Å². The third-order valence-electron chi connectivity index (χ3n) is 11.0. The van der Waals surface area contributed by atoms with Gasteiger partial charge in [-0.3, -0.25) is 5.41 Å². The van der Waals surface area contributed by atoms with E-state index in [-0.39, 0.29) is 0 Å². The van der Waals surface area contributed by atoms with Gasteiger partial charge in [0, 0.05) is 80.1 Å². The summed E-state index contributed by atoms with van der Waals surface area (Å²) in [5.74, 6) is 0.561. The molecule has 4 aromatic heterocycles. The van der Waals surface area contributed by atoms with Gasteiger partial charge in [-0.2, -0.15) is 0 Å². The topological polar surface area (TPSA) is 69.6 Å². The van der Waals surface area contributed by atoms with Crippen LogP contribution in [-0.2, 0) is 7.05 Å². The molecule has 0 atom stereocenters. The molecule has 0 radical (unpaired) electrons. The zero-order valence-electron chi connectivity index (χ0n) is 30.8. The van der Waals surface area contributed by atoms with Gasteiger partial charge in [-0.05, 0) is 66.7 Å². The number of hydrogen-bond acceptors (Lipinski definition) is 2. The first kappa shape index (κ1) is 33.0. The van der Waals surface area contributed by atoms with Crippen molar-refractivity contribution in [1.82, 2.24) is 18.3 Å². The van der Waals surface area contributed by atoms with Crippen molar-refractivity contribution in [3.63, 3.8) is 0 Å². The number of rotatable bonds is 5. The molecule has 0 fully saturated rings. The Morgan fingerprint density at radius 2 is 0.946 bits per heavy atom. The van der Waals surface area contributed by atoms with Crippen LogP contribution < -0.4 is 5.73 Å². The van der Waals surface area contributed by atoms with Crippen LogP contribution in [0, 0.1) is 5.41 Å². The number of nitrogen functional groups attached to an aromatic ring is 1. The minimum atomic E-state index is 0.410. The molecule has 4 heterocycles. The van der Waals surface area contributed by atoms with Crippen LogP contribution in [-0.4, -0.2) is 24.0 Å². The van der Waals surface area contributed by atoms with Crippen LogP contribution in [0.5, 0.6) is 0 Å². The molecule has 268 valence electrons. The second-order valence-corrected chi connectivity index (χ2v) is 14.1. The van der Waals surface area contributed by atoms with E-state index in [0.717, 1.165) is 38.9 Å². The number of benzene rings is 7. The van der Waals surface area contributed by atoms with E-state index in [1.54, 1.807) is 0 Å². The minimum Gasteiger partial charge on any atom is -0.384 e. The Labute approximate surface area is 324 Å². The van der Waals surface area contributed by atoms with Crippen LogP contribution >= 0.6 is 0 Å². The average molecular weight is 723 g/mol. The Bertz CT molecular complexity index is 3220. The minimum absolute atomic E-state index is 0.410. The monoisotopic (exact) mass is 722 g/mol. The Morgan fingerprint density at radius 1 is 0.411 bits per heavy atom. The molecule has 0 aliphatic carbocycles. The second kappa shape index (κ2) is 13.4. The third kappa shape index (κ3) is 5.22. The van der Waals surface area contributed by atoms with Crippen LogP contribution in [0.15, 0.2) is 194 Å². The Balaban J connectivity index is 0.000000146. The highest BCUT2D eigenvalue weighted by Gasteiger charge is 2.21. The quantitative estimate of drug-likeness (QED) is 0.171. The summed E-state index contributed by atoms with van der Waals surface area (Å²) in [6.45, 7) is 0. The lowest BCUT2D eigenvalue weighted by Gasteiger charge is -2.13. The Hall–Kier alpha value is -7.57. The fourth-order valence-electron chi connectivity index (χ4n) is 8.39. The predicted molar refractivity (Wildman–Crippen MR) is 234 cm³/mol. The van der Waals surface area contributed by atoms with Crippen molar-refractivity contribution in [3.05, 3.63) is 206 Å². The first-order valence-corrected chi connectivity index (χ1v) is 18.8. The largest absolute Gasteiger partial charge is 0.384 e.